The van der Waals surface area contributed by atoms with Gasteiger partial charge in [0.25, 0.3) is 5.92 Å². The van der Waals surface area contributed by atoms with Crippen LogP contribution in [0.5, 0.6) is 0 Å². The molecular formula is C14H24F2N2O4. The number of unbranched alkanes of at least 4 members (excludes halogenated alkanes) is 1. The lowest BCUT2D eigenvalue weighted by atomic mass is 10.0. The first-order valence-electron chi connectivity index (χ1n) is 7.19. The van der Waals surface area contributed by atoms with Crippen LogP contribution in [0.15, 0.2) is 0 Å². The van der Waals surface area contributed by atoms with E-state index in [1.807, 2.05) is 6.07 Å². The molecule has 8 heteroatoms. The van der Waals surface area contributed by atoms with E-state index < -0.39 is 30.5 Å². The molecule has 0 aliphatic carbocycles. The summed E-state index contributed by atoms with van der Waals surface area (Å²) in [6.45, 7) is 2.37. The minimum absolute atomic E-state index is 0.130. The minimum atomic E-state index is -2.82. The number of nitriles is 1. The molecule has 0 aromatic carbocycles. The zero-order valence-corrected chi connectivity index (χ0v) is 13.0. The van der Waals surface area contributed by atoms with Crippen LogP contribution >= 0.6 is 0 Å². The van der Waals surface area contributed by atoms with Crippen LogP contribution in [0, 0.1) is 17.2 Å². The summed E-state index contributed by atoms with van der Waals surface area (Å²) in [6, 6.07) is 1.90. The molecule has 22 heavy (non-hydrogen) atoms. The number of hydrogen-bond acceptors (Lipinski definition) is 4. The molecule has 0 heterocycles. The molecule has 0 aromatic rings. The fourth-order valence-corrected chi connectivity index (χ4v) is 1.64. The summed E-state index contributed by atoms with van der Waals surface area (Å²) in [4.78, 5) is 11.9. The lowest BCUT2D eigenvalue weighted by Crippen LogP contribution is -2.39. The summed E-state index contributed by atoms with van der Waals surface area (Å²) in [6.07, 6.45) is -2.14. The van der Waals surface area contributed by atoms with Gasteiger partial charge in [0.2, 0.25) is 0 Å². The average molecular weight is 322 g/mol. The molecule has 0 aliphatic rings. The molecule has 2 N–H and O–H groups in total. The summed E-state index contributed by atoms with van der Waals surface area (Å²) in [5, 5.41) is 27.0. The van der Waals surface area contributed by atoms with Crippen molar-refractivity contribution in [3.8, 4) is 6.07 Å². The predicted molar refractivity (Wildman–Crippen MR) is 75.7 cm³/mol. The van der Waals surface area contributed by atoms with Crippen LogP contribution in [0.2, 0.25) is 0 Å². The Labute approximate surface area is 129 Å². The molecule has 0 aromatic heterocycles. The first-order valence-corrected chi connectivity index (χ1v) is 7.19. The van der Waals surface area contributed by atoms with E-state index >= 15 is 0 Å². The summed E-state index contributed by atoms with van der Waals surface area (Å²) in [7, 11) is 0. The second-order valence-electron chi connectivity index (χ2n) is 5.38. The molecule has 0 spiro atoms. The molecule has 0 saturated heterocycles. The van der Waals surface area contributed by atoms with Crippen molar-refractivity contribution in [2.24, 2.45) is 5.92 Å². The third-order valence-corrected chi connectivity index (χ3v) is 3.15. The number of alkyl halides is 2. The number of halogens is 2. The number of carboxylic acid groups (broad SMARTS) is 1. The van der Waals surface area contributed by atoms with Crippen LogP contribution in [0.4, 0.5) is 13.6 Å². The summed E-state index contributed by atoms with van der Waals surface area (Å²) in [5.41, 5.74) is 0. The molecule has 0 fully saturated rings. The molecule has 0 radical (unpaired) electrons. The van der Waals surface area contributed by atoms with Gasteiger partial charge in [-0.05, 0) is 6.42 Å². The number of carbonyl (C=O) groups is 1. The van der Waals surface area contributed by atoms with Gasteiger partial charge in [-0.2, -0.15) is 5.26 Å². The van der Waals surface area contributed by atoms with Crippen molar-refractivity contribution in [2.75, 3.05) is 26.3 Å². The molecule has 0 bridgehead atoms. The van der Waals surface area contributed by atoms with E-state index in [1.54, 1.807) is 0 Å². The smallest absolute Gasteiger partial charge is 0.407 e. The van der Waals surface area contributed by atoms with Gasteiger partial charge in [-0.25, -0.2) is 13.6 Å². The number of hydrogen-bond donors (Lipinski definition) is 2. The Morgan fingerprint density at radius 3 is 2.59 bits per heavy atom. The second kappa shape index (κ2) is 10.3. The van der Waals surface area contributed by atoms with Crippen molar-refractivity contribution in [3.63, 3.8) is 0 Å². The maximum Gasteiger partial charge on any atom is 0.407 e. The van der Waals surface area contributed by atoms with Crippen molar-refractivity contribution >= 4 is 6.09 Å². The van der Waals surface area contributed by atoms with Crippen LogP contribution in [-0.2, 0) is 4.74 Å². The highest BCUT2D eigenvalue weighted by atomic mass is 19.3. The largest absolute Gasteiger partial charge is 0.465 e. The van der Waals surface area contributed by atoms with Crippen molar-refractivity contribution in [1.29, 1.82) is 5.26 Å². The zero-order chi connectivity index (χ0) is 17.2. The number of nitrogens with zero attached hydrogens (tertiary/aromatic N) is 2. The number of aliphatic hydroxyl groups excluding tert-OH is 1. The molecule has 0 aliphatic heterocycles. The van der Waals surface area contributed by atoms with E-state index in [0.717, 1.165) is 4.90 Å². The summed E-state index contributed by atoms with van der Waals surface area (Å²) < 4.78 is 31.6. The van der Waals surface area contributed by atoms with Gasteiger partial charge in [0.15, 0.2) is 0 Å². The second-order valence-corrected chi connectivity index (χ2v) is 5.38. The van der Waals surface area contributed by atoms with Gasteiger partial charge >= 0.3 is 6.09 Å². The van der Waals surface area contributed by atoms with Gasteiger partial charge in [-0.1, -0.05) is 13.8 Å². The molecule has 6 nitrogen and oxygen atoms in total. The Kier molecular flexibility index (Phi) is 9.61. The van der Waals surface area contributed by atoms with Crippen LogP contribution in [-0.4, -0.2) is 59.5 Å². The maximum atomic E-state index is 13.3. The van der Waals surface area contributed by atoms with Gasteiger partial charge < -0.3 is 19.8 Å². The van der Waals surface area contributed by atoms with Gasteiger partial charge in [0.1, 0.15) is 0 Å². The van der Waals surface area contributed by atoms with Crippen LogP contribution in [0.1, 0.15) is 33.1 Å². The molecule has 1 atom stereocenters. The fraction of sp³-hybridized carbons (Fsp3) is 0.857. The van der Waals surface area contributed by atoms with Crippen molar-refractivity contribution < 1.29 is 28.5 Å². The Balaban J connectivity index is 4.02. The maximum absolute atomic E-state index is 13.3. The zero-order valence-electron chi connectivity index (χ0n) is 13.0. The van der Waals surface area contributed by atoms with Gasteiger partial charge in [-0.15, -0.1) is 0 Å². The molecule has 0 saturated carbocycles. The lowest BCUT2D eigenvalue weighted by Gasteiger charge is -2.23. The molecule has 128 valence electrons. The van der Waals surface area contributed by atoms with Crippen molar-refractivity contribution in [2.45, 2.75) is 45.1 Å². The number of aliphatic hydroxyl groups is 1. The normalized spacial score (nSPS) is 13.0. The van der Waals surface area contributed by atoms with Crippen LogP contribution in [0.25, 0.3) is 0 Å². The highest BCUT2D eigenvalue weighted by molar-refractivity contribution is 5.64. The van der Waals surface area contributed by atoms with Gasteiger partial charge in [-0.3, -0.25) is 0 Å². The Morgan fingerprint density at radius 2 is 2.09 bits per heavy atom. The van der Waals surface area contributed by atoms with E-state index in [-0.39, 0.29) is 32.7 Å². The standard InChI is InChI=1S/C14H24F2N2O4/c1-11(2)14(15,16)5-8-22-10-12(19)9-18(13(20)21)7-4-3-6-17/h11-12,19H,3-5,7-10H2,1-2H3,(H,20,21). The third kappa shape index (κ3) is 8.74. The molecule has 1 amide bonds. The number of ether oxygens (including phenoxy) is 1. The first-order chi connectivity index (χ1) is 10.2. The molecular weight excluding hydrogens is 298 g/mol. The topological polar surface area (TPSA) is 93.8 Å². The van der Waals surface area contributed by atoms with E-state index in [4.69, 9.17) is 15.1 Å². The Hall–Kier alpha value is -1.46. The van der Waals surface area contributed by atoms with Crippen LogP contribution in [0.3, 0.4) is 0 Å². The van der Waals surface area contributed by atoms with E-state index in [9.17, 15) is 18.7 Å². The molecule has 0 rings (SSSR count). The highest BCUT2D eigenvalue weighted by Crippen LogP contribution is 2.27. The van der Waals surface area contributed by atoms with Gasteiger partial charge in [0.05, 0.1) is 31.9 Å². The fourth-order valence-electron chi connectivity index (χ4n) is 1.64. The minimum Gasteiger partial charge on any atom is -0.465 e. The SMILES string of the molecule is CC(C)C(F)(F)CCOCC(O)CN(CCCC#N)C(=O)O. The van der Waals surface area contributed by atoms with E-state index in [1.165, 1.54) is 13.8 Å². The molecule has 1 unspecified atom stereocenters. The quantitative estimate of drug-likeness (QED) is 0.569. The number of rotatable bonds is 11. The predicted octanol–water partition coefficient (Wildman–Crippen LogP) is 2.33. The lowest BCUT2D eigenvalue weighted by molar-refractivity contribution is -0.0772. The summed E-state index contributed by atoms with van der Waals surface area (Å²) >= 11 is 0. The highest BCUT2D eigenvalue weighted by Gasteiger charge is 2.32. The van der Waals surface area contributed by atoms with Crippen molar-refractivity contribution in [3.05, 3.63) is 0 Å². The van der Waals surface area contributed by atoms with E-state index in [2.05, 4.69) is 0 Å². The third-order valence-electron chi connectivity index (χ3n) is 3.15. The Morgan fingerprint density at radius 1 is 1.45 bits per heavy atom. The van der Waals surface area contributed by atoms with Crippen molar-refractivity contribution in [1.82, 2.24) is 4.90 Å². The van der Waals surface area contributed by atoms with Crippen LogP contribution < -0.4 is 0 Å². The summed E-state index contributed by atoms with van der Waals surface area (Å²) in [5.74, 6) is -3.61. The van der Waals surface area contributed by atoms with E-state index in [0.29, 0.717) is 6.42 Å². The monoisotopic (exact) mass is 322 g/mol. The Bertz CT molecular complexity index is 372. The number of amides is 1. The average Bonchev–Trinajstić information content (AvgIpc) is 2.42. The van der Waals surface area contributed by atoms with Gasteiger partial charge in [0, 0.05) is 25.3 Å². The first kappa shape index (κ1) is 20.5.